The predicted molar refractivity (Wildman–Crippen MR) is 128 cm³/mol. The van der Waals surface area contributed by atoms with Gasteiger partial charge in [0.15, 0.2) is 0 Å². The van der Waals surface area contributed by atoms with Crippen molar-refractivity contribution >= 4 is 24.1 Å². The van der Waals surface area contributed by atoms with E-state index < -0.39 is 36.5 Å². The van der Waals surface area contributed by atoms with Crippen LogP contribution in [0.1, 0.15) is 51.4 Å². The first-order valence-corrected chi connectivity index (χ1v) is 12.4. The van der Waals surface area contributed by atoms with E-state index in [2.05, 4.69) is 9.47 Å². The Bertz CT molecular complexity index is 658. The Balaban J connectivity index is 0. The highest BCUT2D eigenvalue weighted by atomic mass is 19.4. The average molecular weight is 601 g/mol. The van der Waals surface area contributed by atoms with Gasteiger partial charge in [-0.3, -0.25) is 9.59 Å². The predicted octanol–water partition coefficient (Wildman–Crippen LogP) is 2.67. The second-order valence-corrected chi connectivity index (χ2v) is 7.81. The lowest BCUT2D eigenvalue weighted by Crippen LogP contribution is -2.37. The van der Waals surface area contributed by atoms with Crippen LogP contribution in [0.2, 0.25) is 0 Å². The van der Waals surface area contributed by atoms with Gasteiger partial charge in [0.05, 0.1) is 26.4 Å². The summed E-state index contributed by atoms with van der Waals surface area (Å²) in [6.45, 7) is 1.26. The lowest BCUT2D eigenvalue weighted by Gasteiger charge is -2.09. The summed E-state index contributed by atoms with van der Waals surface area (Å²) in [6, 6.07) is 0. The van der Waals surface area contributed by atoms with Crippen LogP contribution in [0, 0.1) is 0 Å². The molecule has 0 saturated carbocycles. The Kier molecular flexibility index (Phi) is 23.3. The van der Waals surface area contributed by atoms with E-state index in [1.165, 1.54) is 0 Å². The van der Waals surface area contributed by atoms with Gasteiger partial charge in [-0.05, 0) is 64.5 Å². The van der Waals surface area contributed by atoms with Crippen molar-refractivity contribution in [1.82, 2.24) is 10.6 Å². The molecule has 0 aliphatic carbocycles. The Morgan fingerprint density at radius 2 is 0.775 bits per heavy atom. The first kappa shape index (κ1) is 39.1. The van der Waals surface area contributed by atoms with E-state index in [0.717, 1.165) is 25.7 Å². The van der Waals surface area contributed by atoms with Gasteiger partial charge >= 0.3 is 36.5 Å². The van der Waals surface area contributed by atoms with Crippen LogP contribution in [0.3, 0.4) is 0 Å². The van der Waals surface area contributed by atoms with Gasteiger partial charge in [0.2, 0.25) is 0 Å². The smallest absolute Gasteiger partial charge is 0.434 e. The Hall–Kier alpha value is -3.02. The highest BCUT2D eigenvalue weighted by molar-refractivity contribution is 5.81. The SMILES string of the molecule is NCCCCOC(=O)OCCCCN.O=C(OCCCCNC(=O)C(F)(F)F)OCCCCNC(=O)C(F)(F)F. The molecule has 0 unspecified atom stereocenters. The van der Waals surface area contributed by atoms with Crippen LogP contribution in [0.25, 0.3) is 0 Å². The topological polar surface area (TPSA) is 181 Å². The lowest BCUT2D eigenvalue weighted by molar-refractivity contribution is -0.173. The number of unbranched alkanes of at least 4 members (excludes halogenated alkanes) is 4. The van der Waals surface area contributed by atoms with E-state index in [-0.39, 0.29) is 52.0 Å². The van der Waals surface area contributed by atoms with Crippen LogP contribution < -0.4 is 22.1 Å². The molecule has 0 aromatic carbocycles. The number of alkyl halides is 6. The summed E-state index contributed by atoms with van der Waals surface area (Å²) in [5, 5.41) is 3.29. The highest BCUT2D eigenvalue weighted by Crippen LogP contribution is 2.14. The zero-order valence-corrected chi connectivity index (χ0v) is 22.0. The fourth-order valence-corrected chi connectivity index (χ4v) is 2.26. The number of halogens is 6. The van der Waals surface area contributed by atoms with Crippen LogP contribution in [0.15, 0.2) is 0 Å². The molecule has 40 heavy (non-hydrogen) atoms. The number of amides is 2. The van der Waals surface area contributed by atoms with E-state index in [9.17, 15) is 45.5 Å². The molecule has 0 fully saturated rings. The van der Waals surface area contributed by atoms with Gasteiger partial charge < -0.3 is 41.0 Å². The van der Waals surface area contributed by atoms with Gasteiger partial charge in [0.25, 0.3) is 0 Å². The van der Waals surface area contributed by atoms with Gasteiger partial charge in [-0.15, -0.1) is 0 Å². The Morgan fingerprint density at radius 3 is 1.02 bits per heavy atom. The molecule has 0 aromatic rings. The van der Waals surface area contributed by atoms with Gasteiger partial charge in [0.1, 0.15) is 0 Å². The highest BCUT2D eigenvalue weighted by Gasteiger charge is 2.38. The number of carbonyl (C=O) groups excluding carboxylic acids is 4. The molecular weight excluding hydrogens is 562 g/mol. The minimum absolute atomic E-state index is 0.137. The number of hydrogen-bond donors (Lipinski definition) is 4. The second kappa shape index (κ2) is 23.8. The fraction of sp³-hybridized carbons (Fsp3) is 0.818. The van der Waals surface area contributed by atoms with Crippen molar-refractivity contribution in [2.75, 3.05) is 52.6 Å². The van der Waals surface area contributed by atoms with E-state index in [0.29, 0.717) is 26.3 Å². The molecule has 0 spiro atoms. The summed E-state index contributed by atoms with van der Waals surface area (Å²) in [5.74, 6) is -4.10. The Morgan fingerprint density at radius 1 is 0.500 bits per heavy atom. The number of rotatable bonds is 18. The van der Waals surface area contributed by atoms with Crippen molar-refractivity contribution < 1.29 is 64.5 Å². The maximum absolute atomic E-state index is 11.8. The van der Waals surface area contributed by atoms with E-state index in [4.69, 9.17) is 20.9 Å². The third kappa shape index (κ3) is 26.6. The number of nitrogens with one attached hydrogen (secondary N) is 2. The van der Waals surface area contributed by atoms with E-state index >= 15 is 0 Å². The van der Waals surface area contributed by atoms with Crippen LogP contribution in [-0.4, -0.2) is 89.1 Å². The largest absolute Gasteiger partial charge is 0.508 e. The molecule has 0 saturated heterocycles. The molecule has 0 aliphatic heterocycles. The number of ether oxygens (including phenoxy) is 4. The van der Waals surface area contributed by atoms with Crippen LogP contribution in [0.4, 0.5) is 35.9 Å². The summed E-state index contributed by atoms with van der Waals surface area (Å²) >= 11 is 0. The maximum atomic E-state index is 11.8. The molecule has 0 aromatic heterocycles. The van der Waals surface area contributed by atoms with Gasteiger partial charge in [0, 0.05) is 13.1 Å². The Labute approximate surface area is 227 Å². The molecule has 0 aliphatic rings. The molecule has 0 atom stereocenters. The normalized spacial score (nSPS) is 11.0. The standard InChI is InChI=1S/C13H18F6N2O5.C9H20N2O3/c14-12(15,16)9(22)20-5-1-3-7-25-11(24)26-8-4-2-6-21-10(23)13(17,18)19;10-5-1-3-7-13-9(12)14-8-4-2-6-11/h1-8H2,(H,20,22)(H,21,23);1-8,10-11H2. The van der Waals surface area contributed by atoms with Crippen molar-refractivity contribution in [3.63, 3.8) is 0 Å². The van der Waals surface area contributed by atoms with Crippen LogP contribution in [-0.2, 0) is 28.5 Å². The minimum atomic E-state index is -4.95. The summed E-state index contributed by atoms with van der Waals surface area (Å²) in [7, 11) is 0. The molecule has 0 radical (unpaired) electrons. The first-order valence-electron chi connectivity index (χ1n) is 12.4. The molecule has 2 amide bonds. The van der Waals surface area contributed by atoms with E-state index in [1.807, 2.05) is 0 Å². The maximum Gasteiger partial charge on any atom is 0.508 e. The number of carbonyl (C=O) groups is 4. The summed E-state index contributed by atoms with van der Waals surface area (Å²) in [4.78, 5) is 42.9. The first-order chi connectivity index (χ1) is 18.8. The molecule has 0 bridgehead atoms. The molecular formula is C22H38F6N4O8. The quantitative estimate of drug-likeness (QED) is 0.104. The third-order valence-electron chi connectivity index (χ3n) is 4.30. The summed E-state index contributed by atoms with van der Waals surface area (Å²) in [6.07, 6.45) is -7.56. The summed E-state index contributed by atoms with van der Waals surface area (Å²) in [5.41, 5.74) is 10.6. The van der Waals surface area contributed by atoms with Crippen molar-refractivity contribution in [2.45, 2.75) is 63.7 Å². The third-order valence-corrected chi connectivity index (χ3v) is 4.30. The van der Waals surface area contributed by atoms with Gasteiger partial charge in [-0.1, -0.05) is 0 Å². The zero-order valence-electron chi connectivity index (χ0n) is 22.0. The van der Waals surface area contributed by atoms with Crippen LogP contribution >= 0.6 is 0 Å². The molecule has 6 N–H and O–H groups in total. The molecule has 236 valence electrons. The van der Waals surface area contributed by atoms with Gasteiger partial charge in [-0.2, -0.15) is 26.3 Å². The number of hydrogen-bond acceptors (Lipinski definition) is 10. The lowest BCUT2D eigenvalue weighted by atomic mass is 10.3. The average Bonchev–Trinajstić information content (AvgIpc) is 2.87. The molecule has 12 nitrogen and oxygen atoms in total. The van der Waals surface area contributed by atoms with E-state index in [1.54, 1.807) is 10.6 Å². The van der Waals surface area contributed by atoms with Crippen molar-refractivity contribution in [3.8, 4) is 0 Å². The summed E-state index contributed by atoms with van der Waals surface area (Å²) < 4.78 is 89.8. The fourth-order valence-electron chi connectivity index (χ4n) is 2.26. The monoisotopic (exact) mass is 600 g/mol. The number of nitrogens with two attached hydrogens (primary N) is 2. The molecule has 18 heteroatoms. The van der Waals surface area contributed by atoms with Crippen LogP contribution in [0.5, 0.6) is 0 Å². The van der Waals surface area contributed by atoms with Crippen molar-refractivity contribution in [3.05, 3.63) is 0 Å². The van der Waals surface area contributed by atoms with Gasteiger partial charge in [-0.25, -0.2) is 9.59 Å². The minimum Gasteiger partial charge on any atom is -0.434 e. The zero-order chi connectivity index (χ0) is 30.9. The second-order valence-electron chi connectivity index (χ2n) is 7.81. The molecule has 0 heterocycles. The van der Waals surface area contributed by atoms with Crippen molar-refractivity contribution in [1.29, 1.82) is 0 Å². The van der Waals surface area contributed by atoms with Crippen molar-refractivity contribution in [2.24, 2.45) is 11.5 Å². The molecule has 0 rings (SSSR count).